The molecule has 1 aromatic rings. The summed E-state index contributed by atoms with van der Waals surface area (Å²) in [4.78, 5) is 25.3. The van der Waals surface area contributed by atoms with Crippen molar-refractivity contribution in [3.05, 3.63) is 42.5 Å². The summed E-state index contributed by atoms with van der Waals surface area (Å²) < 4.78 is 5.56. The highest BCUT2D eigenvalue weighted by Gasteiger charge is 2.24. The summed E-state index contributed by atoms with van der Waals surface area (Å²) in [5, 5.41) is 2.86. The molecule has 118 valence electrons. The minimum Gasteiger partial charge on any atom is -0.374 e. The monoisotopic (exact) mass is 302 g/mol. The second-order valence-corrected chi connectivity index (χ2v) is 5.28. The van der Waals surface area contributed by atoms with Gasteiger partial charge in [-0.25, -0.2) is 0 Å². The molecule has 0 unspecified atom stereocenters. The molecule has 0 aliphatic carbocycles. The second-order valence-electron chi connectivity index (χ2n) is 5.28. The standard InChI is InChI=1S/C17H22N2O3/c1-3-13-5-7-14(8-6-13)18-16(20)11-15-12-19(9-10-22-15)17(21)4-2/h4-8,15H,2-3,9-12H2,1H3,(H,18,20)/t15-/m1/s1. The lowest BCUT2D eigenvalue weighted by molar-refractivity contribution is -0.136. The summed E-state index contributed by atoms with van der Waals surface area (Å²) in [5.41, 5.74) is 2.00. The number of aryl methyl sites for hydroxylation is 1. The van der Waals surface area contributed by atoms with Gasteiger partial charge in [0, 0.05) is 18.8 Å². The number of amides is 2. The van der Waals surface area contributed by atoms with Crippen molar-refractivity contribution in [2.75, 3.05) is 25.0 Å². The van der Waals surface area contributed by atoms with E-state index in [9.17, 15) is 9.59 Å². The van der Waals surface area contributed by atoms with Crippen molar-refractivity contribution in [3.63, 3.8) is 0 Å². The van der Waals surface area contributed by atoms with E-state index in [-0.39, 0.29) is 24.3 Å². The van der Waals surface area contributed by atoms with Crippen molar-refractivity contribution >= 4 is 17.5 Å². The maximum Gasteiger partial charge on any atom is 0.246 e. The number of carbonyl (C=O) groups excluding carboxylic acids is 2. The van der Waals surface area contributed by atoms with Crippen LogP contribution in [-0.4, -0.2) is 42.5 Å². The summed E-state index contributed by atoms with van der Waals surface area (Å²) in [7, 11) is 0. The third-order valence-corrected chi connectivity index (χ3v) is 3.68. The highest BCUT2D eigenvalue weighted by molar-refractivity contribution is 5.91. The van der Waals surface area contributed by atoms with Crippen LogP contribution in [0.4, 0.5) is 5.69 Å². The molecule has 2 rings (SSSR count). The molecule has 1 heterocycles. The Balaban J connectivity index is 1.85. The molecule has 1 saturated heterocycles. The topological polar surface area (TPSA) is 58.6 Å². The fourth-order valence-corrected chi connectivity index (χ4v) is 2.41. The first-order valence-corrected chi connectivity index (χ1v) is 7.54. The Hall–Kier alpha value is -2.14. The molecule has 1 N–H and O–H groups in total. The van der Waals surface area contributed by atoms with Gasteiger partial charge in [-0.3, -0.25) is 9.59 Å². The van der Waals surface area contributed by atoms with Crippen molar-refractivity contribution in [2.45, 2.75) is 25.9 Å². The maximum atomic E-state index is 12.1. The zero-order valence-corrected chi connectivity index (χ0v) is 12.9. The fraction of sp³-hybridized carbons (Fsp3) is 0.412. The van der Waals surface area contributed by atoms with Gasteiger partial charge in [0.15, 0.2) is 0 Å². The molecule has 0 radical (unpaired) electrons. The van der Waals surface area contributed by atoms with Crippen LogP contribution in [0.2, 0.25) is 0 Å². The Morgan fingerprint density at radius 3 is 2.77 bits per heavy atom. The Bertz CT molecular complexity index is 539. The molecule has 0 aromatic heterocycles. The molecule has 1 fully saturated rings. The van der Waals surface area contributed by atoms with Crippen molar-refractivity contribution in [2.24, 2.45) is 0 Å². The Kier molecular flexibility index (Phi) is 5.72. The molecule has 2 amide bonds. The minimum absolute atomic E-state index is 0.109. The van der Waals surface area contributed by atoms with Gasteiger partial charge in [-0.05, 0) is 30.2 Å². The average molecular weight is 302 g/mol. The third-order valence-electron chi connectivity index (χ3n) is 3.68. The quantitative estimate of drug-likeness (QED) is 0.846. The number of morpholine rings is 1. The number of hydrogen-bond acceptors (Lipinski definition) is 3. The summed E-state index contributed by atoms with van der Waals surface area (Å²) in [6.45, 7) is 6.98. The smallest absolute Gasteiger partial charge is 0.246 e. The van der Waals surface area contributed by atoms with Crippen LogP contribution in [0.5, 0.6) is 0 Å². The zero-order chi connectivity index (χ0) is 15.9. The van der Waals surface area contributed by atoms with E-state index in [1.165, 1.54) is 11.6 Å². The molecule has 0 spiro atoms. The first-order chi connectivity index (χ1) is 10.6. The number of carbonyl (C=O) groups is 2. The van der Waals surface area contributed by atoms with E-state index in [0.717, 1.165) is 12.1 Å². The van der Waals surface area contributed by atoms with Crippen LogP contribution < -0.4 is 5.32 Å². The predicted octanol–water partition coefficient (Wildman–Crippen LogP) is 1.99. The van der Waals surface area contributed by atoms with Gasteiger partial charge in [-0.2, -0.15) is 0 Å². The van der Waals surface area contributed by atoms with Gasteiger partial charge in [0.2, 0.25) is 11.8 Å². The lowest BCUT2D eigenvalue weighted by Gasteiger charge is -2.32. The molecule has 5 heteroatoms. The third kappa shape index (κ3) is 4.43. The second kappa shape index (κ2) is 7.75. The van der Waals surface area contributed by atoms with Crippen molar-refractivity contribution < 1.29 is 14.3 Å². The Morgan fingerprint density at radius 2 is 2.14 bits per heavy atom. The van der Waals surface area contributed by atoms with Crippen LogP contribution >= 0.6 is 0 Å². The molecule has 1 aliphatic heterocycles. The van der Waals surface area contributed by atoms with Crippen LogP contribution in [0, 0.1) is 0 Å². The molecule has 0 bridgehead atoms. The molecule has 22 heavy (non-hydrogen) atoms. The van der Waals surface area contributed by atoms with Gasteiger partial charge < -0.3 is 15.0 Å². The van der Waals surface area contributed by atoms with E-state index < -0.39 is 0 Å². The molecular formula is C17H22N2O3. The number of ether oxygens (including phenoxy) is 1. The minimum atomic E-state index is -0.271. The average Bonchev–Trinajstić information content (AvgIpc) is 2.55. The maximum absolute atomic E-state index is 12.1. The lowest BCUT2D eigenvalue weighted by Crippen LogP contribution is -2.46. The summed E-state index contributed by atoms with van der Waals surface area (Å²) in [5.74, 6) is -0.231. The van der Waals surface area contributed by atoms with Gasteiger partial charge in [-0.1, -0.05) is 25.6 Å². The number of anilines is 1. The van der Waals surface area contributed by atoms with E-state index in [2.05, 4.69) is 18.8 Å². The first-order valence-electron chi connectivity index (χ1n) is 7.54. The van der Waals surface area contributed by atoms with Crippen LogP contribution in [0.15, 0.2) is 36.9 Å². The van der Waals surface area contributed by atoms with E-state index in [0.29, 0.717) is 19.7 Å². The summed E-state index contributed by atoms with van der Waals surface area (Å²) >= 11 is 0. The van der Waals surface area contributed by atoms with Crippen LogP contribution in [0.25, 0.3) is 0 Å². The highest BCUT2D eigenvalue weighted by Crippen LogP contribution is 2.13. The SMILES string of the molecule is C=CC(=O)N1CCO[C@H](CC(=O)Nc2ccc(CC)cc2)C1. The van der Waals surface area contributed by atoms with Gasteiger partial charge in [0.05, 0.1) is 19.1 Å². The van der Waals surface area contributed by atoms with Crippen LogP contribution in [0.1, 0.15) is 18.9 Å². The van der Waals surface area contributed by atoms with Gasteiger partial charge in [0.1, 0.15) is 0 Å². The Morgan fingerprint density at radius 1 is 1.41 bits per heavy atom. The van der Waals surface area contributed by atoms with E-state index in [1.54, 1.807) is 4.90 Å². The van der Waals surface area contributed by atoms with Crippen molar-refractivity contribution in [1.29, 1.82) is 0 Å². The van der Waals surface area contributed by atoms with Crippen molar-refractivity contribution in [3.8, 4) is 0 Å². The molecule has 0 saturated carbocycles. The molecule has 1 aliphatic rings. The van der Waals surface area contributed by atoms with Gasteiger partial charge in [-0.15, -0.1) is 0 Å². The fourth-order valence-electron chi connectivity index (χ4n) is 2.41. The molecule has 5 nitrogen and oxygen atoms in total. The Labute approximate surface area is 130 Å². The highest BCUT2D eigenvalue weighted by atomic mass is 16.5. The number of rotatable bonds is 5. The lowest BCUT2D eigenvalue weighted by atomic mass is 10.1. The van der Waals surface area contributed by atoms with E-state index in [4.69, 9.17) is 4.74 Å². The summed E-state index contributed by atoms with van der Waals surface area (Å²) in [6.07, 6.45) is 2.22. The molecular weight excluding hydrogens is 280 g/mol. The van der Waals surface area contributed by atoms with Crippen LogP contribution in [-0.2, 0) is 20.7 Å². The largest absolute Gasteiger partial charge is 0.374 e. The number of benzene rings is 1. The van der Waals surface area contributed by atoms with E-state index in [1.807, 2.05) is 24.3 Å². The number of nitrogens with zero attached hydrogens (tertiary/aromatic N) is 1. The van der Waals surface area contributed by atoms with Crippen LogP contribution in [0.3, 0.4) is 0 Å². The number of nitrogens with one attached hydrogen (secondary N) is 1. The van der Waals surface area contributed by atoms with Crippen molar-refractivity contribution in [1.82, 2.24) is 4.90 Å². The summed E-state index contributed by atoms with van der Waals surface area (Å²) in [6, 6.07) is 7.78. The van der Waals surface area contributed by atoms with Gasteiger partial charge in [0.25, 0.3) is 0 Å². The van der Waals surface area contributed by atoms with Gasteiger partial charge >= 0.3 is 0 Å². The number of hydrogen-bond donors (Lipinski definition) is 1. The molecule has 1 aromatic carbocycles. The molecule has 1 atom stereocenters. The van der Waals surface area contributed by atoms with E-state index >= 15 is 0 Å². The first kappa shape index (κ1) is 16.2. The normalized spacial score (nSPS) is 17.9. The zero-order valence-electron chi connectivity index (χ0n) is 12.9. The predicted molar refractivity (Wildman–Crippen MR) is 85.6 cm³/mol.